The largest absolute Gasteiger partial charge is 0.507 e. The van der Waals surface area contributed by atoms with Crippen molar-refractivity contribution in [3.05, 3.63) is 28.8 Å². The van der Waals surface area contributed by atoms with Crippen LogP contribution < -0.4 is 4.74 Å². The molecule has 4 spiro atoms. The van der Waals surface area contributed by atoms with Gasteiger partial charge in [0.2, 0.25) is 6.29 Å². The molecule has 11 unspecified atom stereocenters. The average molecular weight is 901 g/mol. The molecule has 3 aliphatic heterocycles. The first-order chi connectivity index (χ1) is 29.7. The third kappa shape index (κ3) is 7.08. The van der Waals surface area contributed by atoms with Crippen molar-refractivity contribution in [1.82, 2.24) is 0 Å². The molecule has 342 valence electrons. The molecule has 7 fully saturated rings. The van der Waals surface area contributed by atoms with Crippen molar-refractivity contribution >= 4 is 44.1 Å². The monoisotopic (exact) mass is 900 g/mol. The van der Waals surface area contributed by atoms with Gasteiger partial charge in [-0.05, 0) is 137 Å². The average Bonchev–Trinajstić information content (AvgIpc) is 3.96. The molecule has 3 heterocycles. The van der Waals surface area contributed by atoms with E-state index in [0.717, 1.165) is 30.7 Å². The number of ether oxygens (including phenoxy) is 4. The predicted octanol–water partition coefficient (Wildman–Crippen LogP) is 7.11. The highest BCUT2D eigenvalue weighted by Crippen LogP contribution is 2.74. The lowest BCUT2D eigenvalue weighted by molar-refractivity contribution is -0.323. The number of phenols is 2. The van der Waals surface area contributed by atoms with Crippen molar-refractivity contribution in [2.24, 2.45) is 39.4 Å². The van der Waals surface area contributed by atoms with Crippen LogP contribution in [-0.4, -0.2) is 116 Å². The summed E-state index contributed by atoms with van der Waals surface area (Å²) in [7, 11) is 3.13. The number of rotatable bonds is 7. The minimum absolute atomic E-state index is 0.0518. The summed E-state index contributed by atoms with van der Waals surface area (Å²) in [6, 6.07) is 2.25. The topological polar surface area (TPSA) is 213 Å². The normalized spacial score (nSPS) is 39.4. The van der Waals surface area contributed by atoms with Crippen LogP contribution in [0.1, 0.15) is 130 Å². The van der Waals surface area contributed by atoms with Crippen LogP contribution in [0.25, 0.3) is 10.8 Å². The molecule has 0 radical (unpaired) electrons. The second-order valence-corrected chi connectivity index (χ2v) is 22.8. The SMILES string of the molecule is CC(=O)c1c(C)c(O)c2cc(C(=O)O)cc(OC3OC(CO)C4(CCC5CC6(CCC7(CCCC78CCCC8)C6)CC6COCC(CCO)(CSSCO4)C56)C(O)C3O)c2c1O. The Morgan fingerprint density at radius 3 is 2.39 bits per heavy atom. The van der Waals surface area contributed by atoms with Crippen LogP contribution in [0.3, 0.4) is 0 Å². The molecule has 15 heteroatoms. The van der Waals surface area contributed by atoms with E-state index in [1.54, 1.807) is 10.8 Å². The lowest BCUT2D eigenvalue weighted by atomic mass is 9.50. The Labute approximate surface area is 371 Å². The van der Waals surface area contributed by atoms with Crippen molar-refractivity contribution in [3.63, 3.8) is 0 Å². The van der Waals surface area contributed by atoms with E-state index >= 15 is 0 Å². The summed E-state index contributed by atoms with van der Waals surface area (Å²) in [6.45, 7) is 3.37. The van der Waals surface area contributed by atoms with Gasteiger partial charge in [0.1, 0.15) is 47.1 Å². The number of aliphatic hydroxyl groups is 4. The van der Waals surface area contributed by atoms with E-state index in [1.807, 2.05) is 0 Å². The number of Topliss-reactive ketones (excluding diaryl/α,β-unsaturated/α-hetero) is 1. The van der Waals surface area contributed by atoms with Gasteiger partial charge in [0.25, 0.3) is 0 Å². The molecule has 0 bridgehead atoms. The van der Waals surface area contributed by atoms with Gasteiger partial charge in [-0.2, -0.15) is 0 Å². The van der Waals surface area contributed by atoms with E-state index < -0.39 is 60.1 Å². The molecule has 3 saturated heterocycles. The van der Waals surface area contributed by atoms with E-state index in [-0.39, 0.29) is 74.8 Å². The quantitative estimate of drug-likeness (QED) is 0.0839. The van der Waals surface area contributed by atoms with Gasteiger partial charge in [-0.1, -0.05) is 40.9 Å². The van der Waals surface area contributed by atoms with Crippen LogP contribution in [0.2, 0.25) is 0 Å². The highest BCUT2D eigenvalue weighted by molar-refractivity contribution is 8.76. The van der Waals surface area contributed by atoms with E-state index in [9.17, 15) is 45.3 Å². The zero-order valence-corrected chi connectivity index (χ0v) is 37.6. The number of benzene rings is 2. The Balaban J connectivity index is 1.05. The van der Waals surface area contributed by atoms with Gasteiger partial charge in [-0.15, -0.1) is 0 Å². The minimum Gasteiger partial charge on any atom is -0.507 e. The highest BCUT2D eigenvalue weighted by atomic mass is 33.1. The summed E-state index contributed by atoms with van der Waals surface area (Å²) in [5.41, 5.74) is -1.24. The molecule has 4 saturated carbocycles. The number of hydrogen-bond acceptors (Lipinski definition) is 14. The molecule has 7 N–H and O–H groups in total. The summed E-state index contributed by atoms with van der Waals surface area (Å²) < 4.78 is 25.7. The summed E-state index contributed by atoms with van der Waals surface area (Å²) in [5, 5.41) is 78.3. The number of aliphatic hydroxyl groups excluding tert-OH is 4. The van der Waals surface area contributed by atoms with Crippen molar-refractivity contribution in [2.75, 3.05) is 38.1 Å². The number of carbonyl (C=O) groups is 2. The van der Waals surface area contributed by atoms with Crippen molar-refractivity contribution in [2.45, 2.75) is 140 Å². The van der Waals surface area contributed by atoms with Crippen LogP contribution in [0.5, 0.6) is 17.2 Å². The fourth-order valence-corrected chi connectivity index (χ4v) is 17.4. The number of phenolic OH excluding ortho intramolecular Hbond substituents is 2. The zero-order chi connectivity index (χ0) is 43.8. The van der Waals surface area contributed by atoms with E-state index in [4.69, 9.17) is 18.9 Å². The maximum atomic E-state index is 12.6. The van der Waals surface area contributed by atoms with Gasteiger partial charge in [-0.3, -0.25) is 4.79 Å². The molecule has 7 aliphatic rings. The molecule has 0 aromatic heterocycles. The van der Waals surface area contributed by atoms with Gasteiger partial charge in [0, 0.05) is 35.3 Å². The van der Waals surface area contributed by atoms with Crippen LogP contribution in [0.15, 0.2) is 12.1 Å². The first kappa shape index (κ1) is 44.8. The standard InChI is InChI=1S/C47H64O13S2/c1-26-34(27(2)50)38(52)35-31(37(26)51)16-29(41(55)56)17-32(35)59-42-39(53)40(54)47(33(20-49)60-42)11-6-28-18-43(12-13-46(22-43)10-5-9-45(46)7-3-4-8-45)19-30-21-57-23-44(14-15-48,36(28)30)24-61-62-25-58-47/h16-17,28,30,33,36,39-40,42,48-49,51-54H,3-15,18-25H2,1-2H3,(H,55,56). The smallest absolute Gasteiger partial charge is 0.335 e. The molecular weight excluding hydrogens is 837 g/mol. The molecule has 2 aromatic rings. The summed E-state index contributed by atoms with van der Waals surface area (Å²) in [5.74, 6) is -1.56. The predicted molar refractivity (Wildman–Crippen MR) is 233 cm³/mol. The Bertz CT molecular complexity index is 2050. The second kappa shape index (κ2) is 16.8. The number of fused-ring (bicyclic) bond motifs is 2. The zero-order valence-electron chi connectivity index (χ0n) is 35.9. The van der Waals surface area contributed by atoms with Crippen LogP contribution in [0.4, 0.5) is 0 Å². The number of carbonyl (C=O) groups excluding carboxylic acids is 1. The van der Waals surface area contributed by atoms with Crippen molar-refractivity contribution < 1.29 is 64.3 Å². The Morgan fingerprint density at radius 1 is 0.919 bits per heavy atom. The second-order valence-electron chi connectivity index (χ2n) is 20.4. The van der Waals surface area contributed by atoms with E-state index in [1.165, 1.54) is 88.8 Å². The molecule has 11 atom stereocenters. The molecule has 13 nitrogen and oxygen atoms in total. The first-order valence-corrected chi connectivity index (χ1v) is 25.3. The Kier molecular flexibility index (Phi) is 12.2. The summed E-state index contributed by atoms with van der Waals surface area (Å²) in [4.78, 5) is 24.9. The van der Waals surface area contributed by atoms with Gasteiger partial charge in [0.05, 0.1) is 29.7 Å². The van der Waals surface area contributed by atoms with E-state index in [2.05, 4.69) is 0 Å². The van der Waals surface area contributed by atoms with Crippen molar-refractivity contribution in [3.8, 4) is 17.2 Å². The number of aromatic hydroxyl groups is 2. The van der Waals surface area contributed by atoms with Gasteiger partial charge in [-0.25, -0.2) is 4.79 Å². The number of aromatic carboxylic acids is 1. The molecular formula is C47H64O13S2. The lowest BCUT2D eigenvalue weighted by Crippen LogP contribution is -2.69. The van der Waals surface area contributed by atoms with Gasteiger partial charge >= 0.3 is 5.97 Å². The van der Waals surface area contributed by atoms with Crippen LogP contribution >= 0.6 is 21.6 Å². The van der Waals surface area contributed by atoms with Gasteiger partial charge in [0.15, 0.2) is 5.78 Å². The third-order valence-electron chi connectivity index (χ3n) is 17.5. The molecule has 9 rings (SSSR count). The van der Waals surface area contributed by atoms with Crippen LogP contribution in [0, 0.1) is 46.3 Å². The fourth-order valence-electron chi connectivity index (χ4n) is 15.0. The maximum Gasteiger partial charge on any atom is 0.335 e. The number of carboxylic acid groups (broad SMARTS) is 1. The Hall–Kier alpha value is -2.34. The van der Waals surface area contributed by atoms with E-state index in [0.29, 0.717) is 42.8 Å². The summed E-state index contributed by atoms with van der Waals surface area (Å²) >= 11 is 0. The molecule has 0 amide bonds. The summed E-state index contributed by atoms with van der Waals surface area (Å²) in [6.07, 6.45) is 10.5. The van der Waals surface area contributed by atoms with Gasteiger partial charge < -0.3 is 54.7 Å². The molecule has 4 aliphatic carbocycles. The minimum atomic E-state index is -1.78. The molecule has 62 heavy (non-hydrogen) atoms. The van der Waals surface area contributed by atoms with Crippen molar-refractivity contribution in [1.29, 1.82) is 0 Å². The third-order valence-corrected chi connectivity index (χ3v) is 19.7. The number of hydrogen-bond donors (Lipinski definition) is 7. The number of carboxylic acids is 1. The van der Waals surface area contributed by atoms with Crippen LogP contribution in [-0.2, 0) is 14.2 Å². The first-order valence-electron chi connectivity index (χ1n) is 22.8. The molecule has 2 aromatic carbocycles. The maximum absolute atomic E-state index is 12.6. The highest BCUT2D eigenvalue weighted by Gasteiger charge is 2.65. The lowest BCUT2D eigenvalue weighted by Gasteiger charge is -2.58. The fraction of sp³-hybridized carbons (Fsp3) is 0.745. The Morgan fingerprint density at radius 2 is 1.66 bits per heavy atom. The number of ketones is 1.